The standard InChI is InChI=1S/C13H22/c1-4-10-8-11(10)6-7-13-9(3)12(13)5-2/h6-7,9-13H,4-5,8H2,1-3H3. The first-order valence-corrected chi connectivity index (χ1v) is 5.96. The lowest BCUT2D eigenvalue weighted by atomic mass is 10.2. The van der Waals surface area contributed by atoms with Gasteiger partial charge in [-0.15, -0.1) is 0 Å². The van der Waals surface area contributed by atoms with Crippen molar-refractivity contribution in [1.29, 1.82) is 0 Å². The summed E-state index contributed by atoms with van der Waals surface area (Å²) in [5.74, 6) is 4.90. The Balaban J connectivity index is 1.74. The van der Waals surface area contributed by atoms with E-state index in [9.17, 15) is 0 Å². The van der Waals surface area contributed by atoms with Crippen molar-refractivity contribution < 1.29 is 0 Å². The molecule has 5 atom stereocenters. The number of rotatable bonds is 4. The second-order valence-corrected chi connectivity index (χ2v) is 4.96. The average Bonchev–Trinajstić information content (AvgIpc) is 2.99. The van der Waals surface area contributed by atoms with Gasteiger partial charge in [0.25, 0.3) is 0 Å². The van der Waals surface area contributed by atoms with Gasteiger partial charge >= 0.3 is 0 Å². The Morgan fingerprint density at radius 1 is 1.15 bits per heavy atom. The topological polar surface area (TPSA) is 0 Å². The van der Waals surface area contributed by atoms with Gasteiger partial charge in [-0.25, -0.2) is 0 Å². The van der Waals surface area contributed by atoms with Crippen LogP contribution in [0.3, 0.4) is 0 Å². The van der Waals surface area contributed by atoms with Gasteiger partial charge in [-0.3, -0.25) is 0 Å². The monoisotopic (exact) mass is 178 g/mol. The molecule has 0 nitrogen and oxygen atoms in total. The predicted molar refractivity (Wildman–Crippen MR) is 57.5 cm³/mol. The highest BCUT2D eigenvalue weighted by Gasteiger charge is 2.43. The first-order chi connectivity index (χ1) is 6.27. The molecule has 0 heterocycles. The second kappa shape index (κ2) is 3.48. The summed E-state index contributed by atoms with van der Waals surface area (Å²) >= 11 is 0. The maximum Gasteiger partial charge on any atom is -0.0174 e. The molecule has 0 spiro atoms. The second-order valence-electron chi connectivity index (χ2n) is 4.96. The Morgan fingerprint density at radius 3 is 2.38 bits per heavy atom. The van der Waals surface area contributed by atoms with Crippen molar-refractivity contribution in [3.05, 3.63) is 12.2 Å². The summed E-state index contributed by atoms with van der Waals surface area (Å²) in [7, 11) is 0. The highest BCUT2D eigenvalue weighted by molar-refractivity contribution is 5.11. The molecule has 0 N–H and O–H groups in total. The molecule has 0 aromatic heterocycles. The SMILES string of the molecule is CCC1CC1C=CC1C(C)C1CC. The molecule has 0 radical (unpaired) electrons. The van der Waals surface area contributed by atoms with Gasteiger partial charge in [-0.05, 0) is 36.0 Å². The molecular weight excluding hydrogens is 156 g/mol. The van der Waals surface area contributed by atoms with Crippen LogP contribution in [0.5, 0.6) is 0 Å². The van der Waals surface area contributed by atoms with Gasteiger partial charge < -0.3 is 0 Å². The van der Waals surface area contributed by atoms with E-state index in [-0.39, 0.29) is 0 Å². The quantitative estimate of drug-likeness (QED) is 0.573. The summed E-state index contributed by atoms with van der Waals surface area (Å²) in [4.78, 5) is 0. The zero-order valence-electron chi connectivity index (χ0n) is 9.16. The molecule has 2 saturated carbocycles. The molecule has 0 amide bonds. The van der Waals surface area contributed by atoms with Crippen molar-refractivity contribution in [1.82, 2.24) is 0 Å². The number of hydrogen-bond acceptors (Lipinski definition) is 0. The van der Waals surface area contributed by atoms with Crippen LogP contribution in [0.4, 0.5) is 0 Å². The molecule has 2 aliphatic carbocycles. The number of hydrogen-bond donors (Lipinski definition) is 0. The summed E-state index contributed by atoms with van der Waals surface area (Å²) in [6.07, 6.45) is 9.24. The Labute approximate surface area is 82.4 Å². The summed E-state index contributed by atoms with van der Waals surface area (Å²) in [6, 6.07) is 0. The molecule has 13 heavy (non-hydrogen) atoms. The van der Waals surface area contributed by atoms with E-state index in [4.69, 9.17) is 0 Å². The van der Waals surface area contributed by atoms with Gasteiger partial charge in [0, 0.05) is 0 Å². The van der Waals surface area contributed by atoms with E-state index >= 15 is 0 Å². The van der Waals surface area contributed by atoms with E-state index in [0.717, 1.165) is 29.6 Å². The van der Waals surface area contributed by atoms with Crippen molar-refractivity contribution in [3.8, 4) is 0 Å². The van der Waals surface area contributed by atoms with E-state index in [1.54, 1.807) is 0 Å². The van der Waals surface area contributed by atoms with Gasteiger partial charge in [0.1, 0.15) is 0 Å². The van der Waals surface area contributed by atoms with Crippen LogP contribution >= 0.6 is 0 Å². The van der Waals surface area contributed by atoms with Gasteiger partial charge in [0.2, 0.25) is 0 Å². The van der Waals surface area contributed by atoms with E-state index in [0.29, 0.717) is 0 Å². The van der Waals surface area contributed by atoms with Crippen LogP contribution in [-0.4, -0.2) is 0 Å². The van der Waals surface area contributed by atoms with Crippen LogP contribution in [0.15, 0.2) is 12.2 Å². The third kappa shape index (κ3) is 1.82. The molecule has 2 fully saturated rings. The molecule has 74 valence electrons. The Hall–Kier alpha value is -0.260. The van der Waals surface area contributed by atoms with Crippen LogP contribution in [-0.2, 0) is 0 Å². The van der Waals surface area contributed by atoms with Crippen molar-refractivity contribution in [2.75, 3.05) is 0 Å². The molecule has 0 bridgehead atoms. The Kier molecular flexibility index (Phi) is 2.49. The van der Waals surface area contributed by atoms with E-state index in [1.165, 1.54) is 19.3 Å². The first kappa shape index (κ1) is 9.30. The maximum absolute atomic E-state index is 2.51. The maximum atomic E-state index is 2.51. The fourth-order valence-electron chi connectivity index (χ4n) is 2.79. The molecule has 0 aliphatic heterocycles. The lowest BCUT2D eigenvalue weighted by Crippen LogP contribution is -1.77. The minimum atomic E-state index is 0.933. The third-order valence-corrected chi connectivity index (χ3v) is 4.19. The van der Waals surface area contributed by atoms with Crippen LogP contribution in [0.2, 0.25) is 0 Å². The average molecular weight is 178 g/mol. The predicted octanol–water partition coefficient (Wildman–Crippen LogP) is 3.88. The summed E-state index contributed by atoms with van der Waals surface area (Å²) in [6.45, 7) is 7.03. The van der Waals surface area contributed by atoms with E-state index < -0.39 is 0 Å². The molecule has 0 aromatic rings. The largest absolute Gasteiger partial charge is 0.0848 e. The molecule has 2 aliphatic rings. The smallest absolute Gasteiger partial charge is 0.0174 e. The summed E-state index contributed by atoms with van der Waals surface area (Å²) in [5.41, 5.74) is 0. The minimum Gasteiger partial charge on any atom is -0.0848 e. The normalized spacial score (nSPS) is 48.4. The van der Waals surface area contributed by atoms with Crippen LogP contribution in [0.25, 0.3) is 0 Å². The Bertz CT molecular complexity index is 204. The highest BCUT2D eigenvalue weighted by Crippen LogP contribution is 2.50. The van der Waals surface area contributed by atoms with Gasteiger partial charge in [0.15, 0.2) is 0 Å². The van der Waals surface area contributed by atoms with Gasteiger partial charge in [-0.2, -0.15) is 0 Å². The molecule has 2 rings (SSSR count). The van der Waals surface area contributed by atoms with E-state index in [2.05, 4.69) is 32.9 Å². The lowest BCUT2D eigenvalue weighted by molar-refractivity contribution is 0.715. The van der Waals surface area contributed by atoms with Crippen molar-refractivity contribution in [2.45, 2.75) is 40.0 Å². The first-order valence-electron chi connectivity index (χ1n) is 5.96. The summed E-state index contributed by atoms with van der Waals surface area (Å²) < 4.78 is 0. The summed E-state index contributed by atoms with van der Waals surface area (Å²) in [5, 5.41) is 0. The fraction of sp³-hybridized carbons (Fsp3) is 0.846. The number of allylic oxidation sites excluding steroid dienone is 2. The molecule has 0 aromatic carbocycles. The van der Waals surface area contributed by atoms with E-state index in [1.807, 2.05) is 0 Å². The fourth-order valence-corrected chi connectivity index (χ4v) is 2.79. The minimum absolute atomic E-state index is 0.933. The third-order valence-electron chi connectivity index (χ3n) is 4.19. The van der Waals surface area contributed by atoms with Crippen LogP contribution < -0.4 is 0 Å². The van der Waals surface area contributed by atoms with Crippen molar-refractivity contribution in [2.24, 2.45) is 29.6 Å². The van der Waals surface area contributed by atoms with Crippen LogP contribution in [0.1, 0.15) is 40.0 Å². The van der Waals surface area contributed by atoms with Crippen molar-refractivity contribution >= 4 is 0 Å². The zero-order valence-corrected chi connectivity index (χ0v) is 9.16. The molecule has 5 unspecified atom stereocenters. The molecule has 0 heteroatoms. The Morgan fingerprint density at radius 2 is 1.92 bits per heavy atom. The zero-order chi connectivity index (χ0) is 9.42. The highest BCUT2D eigenvalue weighted by atomic mass is 14.5. The molecular formula is C13H22. The lowest BCUT2D eigenvalue weighted by Gasteiger charge is -1.88. The van der Waals surface area contributed by atoms with Crippen LogP contribution in [0, 0.1) is 29.6 Å². The molecule has 0 saturated heterocycles. The van der Waals surface area contributed by atoms with Gasteiger partial charge in [0.05, 0.1) is 0 Å². The van der Waals surface area contributed by atoms with Gasteiger partial charge in [-0.1, -0.05) is 45.8 Å². The van der Waals surface area contributed by atoms with Crippen molar-refractivity contribution in [3.63, 3.8) is 0 Å².